The summed E-state index contributed by atoms with van der Waals surface area (Å²) >= 11 is 0. The van der Waals surface area contributed by atoms with E-state index in [1.54, 1.807) is 13.0 Å². The van der Waals surface area contributed by atoms with Crippen LogP contribution in [0.25, 0.3) is 0 Å². The Bertz CT molecular complexity index is 709. The molecule has 0 spiro atoms. The van der Waals surface area contributed by atoms with Crippen LogP contribution in [0.3, 0.4) is 0 Å². The molecule has 0 aliphatic carbocycles. The number of nitro groups is 1. The summed E-state index contributed by atoms with van der Waals surface area (Å²) in [6.07, 6.45) is 2.30. The summed E-state index contributed by atoms with van der Waals surface area (Å²) in [5.41, 5.74) is 0.279. The van der Waals surface area contributed by atoms with Crippen LogP contribution in [0.2, 0.25) is 0 Å². The monoisotopic (exact) mass is 282 g/mol. The second kappa shape index (κ2) is 4.69. The zero-order chi connectivity index (χ0) is 14.0. The van der Waals surface area contributed by atoms with Crippen LogP contribution < -0.4 is 4.72 Å². The van der Waals surface area contributed by atoms with Crippen LogP contribution >= 0.6 is 0 Å². The van der Waals surface area contributed by atoms with Crippen LogP contribution in [0.5, 0.6) is 0 Å². The standard InChI is InChI=1S/C10H10N4O4S/c1-7-2-3-9(10(4-7)14(15)16)13-19(17,18)8-5-11-12-6-8/h2-6,13H,1H3,(H,11,12). The SMILES string of the molecule is Cc1ccc(NS(=O)(=O)c2cn[nH]c2)c([N+](=O)[O-])c1. The van der Waals surface area contributed by atoms with Crippen LogP contribution in [-0.2, 0) is 10.0 Å². The average molecular weight is 282 g/mol. The molecule has 0 radical (unpaired) electrons. The van der Waals surface area contributed by atoms with Gasteiger partial charge in [-0.1, -0.05) is 6.07 Å². The summed E-state index contributed by atoms with van der Waals surface area (Å²) < 4.78 is 26.0. The van der Waals surface area contributed by atoms with Crippen molar-refractivity contribution in [1.29, 1.82) is 0 Å². The van der Waals surface area contributed by atoms with Crippen molar-refractivity contribution < 1.29 is 13.3 Å². The van der Waals surface area contributed by atoms with E-state index >= 15 is 0 Å². The number of nitrogens with one attached hydrogen (secondary N) is 2. The van der Waals surface area contributed by atoms with Crippen molar-refractivity contribution in [3.8, 4) is 0 Å². The van der Waals surface area contributed by atoms with E-state index in [4.69, 9.17) is 0 Å². The molecule has 9 heteroatoms. The first-order valence-electron chi connectivity index (χ1n) is 5.17. The van der Waals surface area contributed by atoms with Crippen molar-refractivity contribution in [1.82, 2.24) is 10.2 Å². The number of aryl methyl sites for hydroxylation is 1. The molecule has 0 unspecified atom stereocenters. The van der Waals surface area contributed by atoms with Gasteiger partial charge < -0.3 is 0 Å². The van der Waals surface area contributed by atoms with Gasteiger partial charge in [0.2, 0.25) is 0 Å². The normalized spacial score (nSPS) is 11.2. The van der Waals surface area contributed by atoms with Gasteiger partial charge in [-0.2, -0.15) is 5.10 Å². The Morgan fingerprint density at radius 1 is 1.42 bits per heavy atom. The summed E-state index contributed by atoms with van der Waals surface area (Å²) in [6, 6.07) is 4.23. The minimum Gasteiger partial charge on any atom is -0.284 e. The molecule has 0 aliphatic heterocycles. The summed E-state index contributed by atoms with van der Waals surface area (Å²) in [4.78, 5) is 10.2. The number of H-pyrrole nitrogens is 1. The Morgan fingerprint density at radius 2 is 2.16 bits per heavy atom. The lowest BCUT2D eigenvalue weighted by Gasteiger charge is -2.07. The van der Waals surface area contributed by atoms with E-state index in [-0.39, 0.29) is 16.3 Å². The maximum absolute atomic E-state index is 11.9. The van der Waals surface area contributed by atoms with Crippen LogP contribution in [0.4, 0.5) is 11.4 Å². The number of nitro benzene ring substituents is 1. The number of hydrogen-bond acceptors (Lipinski definition) is 5. The Labute approximate surface area is 108 Å². The molecule has 0 saturated carbocycles. The number of rotatable bonds is 4. The summed E-state index contributed by atoms with van der Waals surface area (Å²) in [5.74, 6) is 0. The minimum absolute atomic E-state index is 0.0863. The summed E-state index contributed by atoms with van der Waals surface area (Å²) in [5, 5.41) is 16.8. The molecule has 0 amide bonds. The molecule has 19 heavy (non-hydrogen) atoms. The molecule has 0 saturated heterocycles. The highest BCUT2D eigenvalue weighted by Gasteiger charge is 2.21. The second-order valence-electron chi connectivity index (χ2n) is 3.82. The molecule has 1 aromatic heterocycles. The van der Waals surface area contributed by atoms with Crippen LogP contribution in [-0.4, -0.2) is 23.5 Å². The molecule has 1 aromatic carbocycles. The zero-order valence-electron chi connectivity index (χ0n) is 9.82. The van der Waals surface area contributed by atoms with Gasteiger partial charge in [0.25, 0.3) is 15.7 Å². The Hall–Kier alpha value is -2.42. The van der Waals surface area contributed by atoms with Crippen molar-refractivity contribution in [2.24, 2.45) is 0 Å². The molecule has 0 fully saturated rings. The maximum Gasteiger partial charge on any atom is 0.293 e. The predicted octanol–water partition coefficient (Wildman–Crippen LogP) is 1.43. The Balaban J connectivity index is 2.42. The summed E-state index contributed by atoms with van der Waals surface area (Å²) in [7, 11) is -3.89. The smallest absolute Gasteiger partial charge is 0.284 e. The molecule has 8 nitrogen and oxygen atoms in total. The predicted molar refractivity (Wildman–Crippen MR) is 67.2 cm³/mol. The van der Waals surface area contributed by atoms with E-state index in [1.165, 1.54) is 18.3 Å². The van der Waals surface area contributed by atoms with Crippen molar-refractivity contribution in [2.45, 2.75) is 11.8 Å². The van der Waals surface area contributed by atoms with Crippen LogP contribution in [0.15, 0.2) is 35.5 Å². The second-order valence-corrected chi connectivity index (χ2v) is 5.50. The highest BCUT2D eigenvalue weighted by Crippen LogP contribution is 2.27. The third-order valence-corrected chi connectivity index (χ3v) is 3.71. The highest BCUT2D eigenvalue weighted by atomic mass is 32.2. The van der Waals surface area contributed by atoms with Gasteiger partial charge >= 0.3 is 0 Å². The van der Waals surface area contributed by atoms with E-state index in [1.807, 2.05) is 0 Å². The Kier molecular flexibility index (Phi) is 3.21. The van der Waals surface area contributed by atoms with Crippen LogP contribution in [0.1, 0.15) is 5.56 Å². The maximum atomic E-state index is 11.9. The lowest BCUT2D eigenvalue weighted by Crippen LogP contribution is -2.13. The van der Waals surface area contributed by atoms with Gasteiger partial charge in [0.05, 0.1) is 11.1 Å². The number of hydrogen-bond donors (Lipinski definition) is 2. The third kappa shape index (κ3) is 2.71. The largest absolute Gasteiger partial charge is 0.293 e. The average Bonchev–Trinajstić information content (AvgIpc) is 2.85. The zero-order valence-corrected chi connectivity index (χ0v) is 10.6. The fourth-order valence-corrected chi connectivity index (χ4v) is 2.45. The van der Waals surface area contributed by atoms with E-state index in [2.05, 4.69) is 14.9 Å². The first kappa shape index (κ1) is 13.0. The number of aromatic nitrogens is 2. The number of sulfonamides is 1. The van der Waals surface area contributed by atoms with Crippen molar-refractivity contribution in [3.05, 3.63) is 46.3 Å². The molecule has 2 rings (SSSR count). The van der Waals surface area contributed by atoms with E-state index < -0.39 is 14.9 Å². The van der Waals surface area contributed by atoms with Gasteiger partial charge in [-0.05, 0) is 18.6 Å². The molecule has 2 N–H and O–H groups in total. The van der Waals surface area contributed by atoms with Gasteiger partial charge in [-0.25, -0.2) is 8.42 Å². The molecular weight excluding hydrogens is 272 g/mol. The number of benzene rings is 1. The van der Waals surface area contributed by atoms with Crippen molar-refractivity contribution in [2.75, 3.05) is 4.72 Å². The first-order chi connectivity index (χ1) is 8.90. The topological polar surface area (TPSA) is 118 Å². The van der Waals surface area contributed by atoms with E-state index in [0.29, 0.717) is 5.56 Å². The van der Waals surface area contributed by atoms with Gasteiger partial charge in [-0.3, -0.25) is 19.9 Å². The van der Waals surface area contributed by atoms with Gasteiger partial charge in [0, 0.05) is 12.3 Å². The van der Waals surface area contributed by atoms with E-state index in [0.717, 1.165) is 6.20 Å². The molecular formula is C10H10N4O4S. The van der Waals surface area contributed by atoms with Gasteiger partial charge in [-0.15, -0.1) is 0 Å². The minimum atomic E-state index is -3.89. The number of anilines is 1. The first-order valence-corrected chi connectivity index (χ1v) is 6.65. The molecule has 0 atom stereocenters. The third-order valence-electron chi connectivity index (χ3n) is 2.38. The van der Waals surface area contributed by atoms with Crippen LogP contribution in [0, 0.1) is 17.0 Å². The van der Waals surface area contributed by atoms with Gasteiger partial charge in [0.1, 0.15) is 10.6 Å². The fourth-order valence-electron chi connectivity index (χ4n) is 1.47. The van der Waals surface area contributed by atoms with Gasteiger partial charge in [0.15, 0.2) is 0 Å². The number of aromatic amines is 1. The lowest BCUT2D eigenvalue weighted by molar-refractivity contribution is -0.383. The fraction of sp³-hybridized carbons (Fsp3) is 0.100. The lowest BCUT2D eigenvalue weighted by atomic mass is 10.2. The Morgan fingerprint density at radius 3 is 2.74 bits per heavy atom. The number of nitrogens with zero attached hydrogens (tertiary/aromatic N) is 2. The molecule has 0 aliphatic rings. The highest BCUT2D eigenvalue weighted by molar-refractivity contribution is 7.92. The molecule has 2 aromatic rings. The van der Waals surface area contributed by atoms with Crippen molar-refractivity contribution in [3.63, 3.8) is 0 Å². The van der Waals surface area contributed by atoms with Crippen molar-refractivity contribution >= 4 is 21.4 Å². The quantitative estimate of drug-likeness (QED) is 0.649. The van der Waals surface area contributed by atoms with E-state index in [9.17, 15) is 18.5 Å². The molecule has 1 heterocycles. The molecule has 0 bridgehead atoms. The summed E-state index contributed by atoms with van der Waals surface area (Å²) in [6.45, 7) is 1.68. The molecule has 100 valence electrons.